The molecule has 3 nitrogen and oxygen atoms in total. The van der Waals surface area contributed by atoms with Gasteiger partial charge in [-0.3, -0.25) is 4.90 Å². The molecule has 0 radical (unpaired) electrons. The summed E-state index contributed by atoms with van der Waals surface area (Å²) in [5.41, 5.74) is 6.39. The Morgan fingerprint density at radius 2 is 1.94 bits per heavy atom. The molecule has 0 aromatic heterocycles. The van der Waals surface area contributed by atoms with E-state index in [0.717, 1.165) is 19.0 Å². The van der Waals surface area contributed by atoms with Crippen molar-refractivity contribution in [1.29, 1.82) is 0 Å². The first kappa shape index (κ1) is 13.3. The van der Waals surface area contributed by atoms with Gasteiger partial charge in [-0.25, -0.2) is 0 Å². The zero-order valence-electron chi connectivity index (χ0n) is 11.8. The molecular formula is C14H29N3. The number of nitrogens with two attached hydrogens (primary N) is 1. The van der Waals surface area contributed by atoms with Crippen molar-refractivity contribution in [2.45, 2.75) is 51.1 Å². The molecule has 2 atom stereocenters. The monoisotopic (exact) mass is 239 g/mol. The fourth-order valence-electron chi connectivity index (χ4n) is 3.71. The quantitative estimate of drug-likeness (QED) is 0.811. The second-order valence-corrected chi connectivity index (χ2v) is 6.24. The maximum absolute atomic E-state index is 6.12. The highest BCUT2D eigenvalue weighted by Gasteiger charge is 2.44. The van der Waals surface area contributed by atoms with Crippen LogP contribution in [0.15, 0.2) is 0 Å². The molecule has 2 aliphatic rings. The van der Waals surface area contributed by atoms with Gasteiger partial charge < -0.3 is 10.6 Å². The predicted octanol–water partition coefficient (Wildman–Crippen LogP) is 1.53. The van der Waals surface area contributed by atoms with Crippen LogP contribution in [0, 0.1) is 5.92 Å². The van der Waals surface area contributed by atoms with Gasteiger partial charge in [0.05, 0.1) is 0 Å². The Balaban J connectivity index is 2.00. The average Bonchev–Trinajstić information content (AvgIpc) is 2.66. The van der Waals surface area contributed by atoms with Gasteiger partial charge >= 0.3 is 0 Å². The van der Waals surface area contributed by atoms with Gasteiger partial charge in [-0.1, -0.05) is 13.3 Å². The minimum Gasteiger partial charge on any atom is -0.329 e. The smallest absolute Gasteiger partial charge is 0.0473 e. The van der Waals surface area contributed by atoms with Gasteiger partial charge in [0.15, 0.2) is 0 Å². The van der Waals surface area contributed by atoms with Gasteiger partial charge in [0.25, 0.3) is 0 Å². The molecule has 2 saturated heterocycles. The van der Waals surface area contributed by atoms with Crippen LogP contribution in [0.1, 0.15) is 39.5 Å². The molecule has 0 amide bonds. The predicted molar refractivity (Wildman–Crippen MR) is 73.1 cm³/mol. The van der Waals surface area contributed by atoms with Crippen LogP contribution in [0.4, 0.5) is 0 Å². The van der Waals surface area contributed by atoms with Crippen molar-refractivity contribution in [3.05, 3.63) is 0 Å². The maximum atomic E-state index is 6.12. The third-order valence-electron chi connectivity index (χ3n) is 5.21. The molecule has 0 aliphatic carbocycles. The lowest BCUT2D eigenvalue weighted by molar-refractivity contribution is 0.0608. The van der Waals surface area contributed by atoms with Crippen LogP contribution in [0.2, 0.25) is 0 Å². The average molecular weight is 239 g/mol. The lowest BCUT2D eigenvalue weighted by Crippen LogP contribution is -2.57. The minimum absolute atomic E-state index is 0.271. The van der Waals surface area contributed by atoms with Crippen LogP contribution in [-0.2, 0) is 0 Å². The second-order valence-electron chi connectivity index (χ2n) is 6.24. The van der Waals surface area contributed by atoms with Crippen molar-refractivity contribution < 1.29 is 0 Å². The van der Waals surface area contributed by atoms with Crippen molar-refractivity contribution >= 4 is 0 Å². The van der Waals surface area contributed by atoms with Gasteiger partial charge in [0.2, 0.25) is 0 Å². The molecule has 0 aromatic carbocycles. The first-order valence-corrected chi connectivity index (χ1v) is 7.26. The van der Waals surface area contributed by atoms with Crippen LogP contribution in [0.5, 0.6) is 0 Å². The fraction of sp³-hybridized carbons (Fsp3) is 1.00. The zero-order valence-corrected chi connectivity index (χ0v) is 11.8. The van der Waals surface area contributed by atoms with E-state index in [0.29, 0.717) is 6.04 Å². The summed E-state index contributed by atoms with van der Waals surface area (Å²) in [7, 11) is 2.24. The molecule has 0 aromatic rings. The number of likely N-dealkylation sites (N-methyl/N-ethyl adjacent to an activating group) is 1. The Bertz CT molecular complexity index is 236. The molecule has 0 saturated carbocycles. The van der Waals surface area contributed by atoms with E-state index in [1.54, 1.807) is 0 Å². The lowest BCUT2D eigenvalue weighted by Gasteiger charge is -2.44. The summed E-state index contributed by atoms with van der Waals surface area (Å²) < 4.78 is 0. The summed E-state index contributed by atoms with van der Waals surface area (Å²) in [6.07, 6.45) is 5.34. The summed E-state index contributed by atoms with van der Waals surface area (Å²) >= 11 is 0. The Morgan fingerprint density at radius 1 is 1.29 bits per heavy atom. The van der Waals surface area contributed by atoms with Gasteiger partial charge in [-0.15, -0.1) is 0 Å². The van der Waals surface area contributed by atoms with E-state index in [9.17, 15) is 0 Å². The maximum Gasteiger partial charge on any atom is 0.0473 e. The standard InChI is InChI=1S/C14H29N3/c1-4-13-5-7-17(8-6-13)14(10-15)9-12(2)16(3)11-14/h12-13H,4-11,15H2,1-3H3. The number of nitrogens with zero attached hydrogens (tertiary/aromatic N) is 2. The molecular weight excluding hydrogens is 210 g/mol. The summed E-state index contributed by atoms with van der Waals surface area (Å²) in [4.78, 5) is 5.16. The van der Waals surface area contributed by atoms with Crippen molar-refractivity contribution in [1.82, 2.24) is 9.80 Å². The van der Waals surface area contributed by atoms with E-state index in [1.807, 2.05) is 0 Å². The van der Waals surface area contributed by atoms with Crippen LogP contribution >= 0.6 is 0 Å². The van der Waals surface area contributed by atoms with E-state index < -0.39 is 0 Å². The van der Waals surface area contributed by atoms with E-state index in [1.165, 1.54) is 38.8 Å². The molecule has 2 heterocycles. The number of piperidine rings is 1. The molecule has 0 spiro atoms. The number of likely N-dealkylation sites (tertiary alicyclic amines) is 2. The normalized spacial score (nSPS) is 37.8. The Labute approximate surface area is 106 Å². The molecule has 2 unspecified atom stereocenters. The number of hydrogen-bond donors (Lipinski definition) is 1. The molecule has 0 bridgehead atoms. The SMILES string of the molecule is CCC1CCN(C2(CN)CC(C)N(C)C2)CC1. The molecule has 2 fully saturated rings. The van der Waals surface area contributed by atoms with E-state index in [2.05, 4.69) is 30.7 Å². The van der Waals surface area contributed by atoms with Gasteiger partial charge in [0, 0.05) is 24.7 Å². The summed E-state index contributed by atoms with van der Waals surface area (Å²) in [6, 6.07) is 0.683. The van der Waals surface area contributed by atoms with Gasteiger partial charge in [-0.2, -0.15) is 0 Å². The third-order valence-corrected chi connectivity index (χ3v) is 5.21. The fourth-order valence-corrected chi connectivity index (χ4v) is 3.71. The Kier molecular flexibility index (Phi) is 4.11. The van der Waals surface area contributed by atoms with Gasteiger partial charge in [-0.05, 0) is 52.2 Å². The third kappa shape index (κ3) is 2.51. The first-order valence-electron chi connectivity index (χ1n) is 7.26. The van der Waals surface area contributed by atoms with Crippen LogP contribution in [0.25, 0.3) is 0 Å². The van der Waals surface area contributed by atoms with Crippen LogP contribution in [0.3, 0.4) is 0 Å². The lowest BCUT2D eigenvalue weighted by atomic mass is 9.87. The highest BCUT2D eigenvalue weighted by Crippen LogP contribution is 2.34. The Hall–Kier alpha value is -0.120. The molecule has 2 aliphatic heterocycles. The van der Waals surface area contributed by atoms with E-state index >= 15 is 0 Å². The summed E-state index contributed by atoms with van der Waals surface area (Å²) in [6.45, 7) is 9.15. The number of hydrogen-bond acceptors (Lipinski definition) is 3. The highest BCUT2D eigenvalue weighted by molar-refractivity contribution is 5.03. The molecule has 3 heteroatoms. The van der Waals surface area contributed by atoms with Crippen LogP contribution in [-0.4, -0.2) is 54.6 Å². The highest BCUT2D eigenvalue weighted by atomic mass is 15.3. The van der Waals surface area contributed by atoms with Gasteiger partial charge in [0.1, 0.15) is 0 Å². The largest absolute Gasteiger partial charge is 0.329 e. The van der Waals surface area contributed by atoms with Crippen LogP contribution < -0.4 is 5.73 Å². The van der Waals surface area contributed by atoms with Crippen molar-refractivity contribution in [3.63, 3.8) is 0 Å². The molecule has 2 rings (SSSR count). The minimum atomic E-state index is 0.271. The zero-order chi connectivity index (χ0) is 12.5. The van der Waals surface area contributed by atoms with Crippen molar-refractivity contribution in [3.8, 4) is 0 Å². The van der Waals surface area contributed by atoms with E-state index in [4.69, 9.17) is 5.73 Å². The van der Waals surface area contributed by atoms with E-state index in [-0.39, 0.29) is 5.54 Å². The molecule has 2 N–H and O–H groups in total. The topological polar surface area (TPSA) is 32.5 Å². The van der Waals surface area contributed by atoms with Crippen molar-refractivity contribution in [2.75, 3.05) is 33.2 Å². The molecule has 100 valence electrons. The summed E-state index contributed by atoms with van der Waals surface area (Å²) in [5.74, 6) is 0.956. The second kappa shape index (κ2) is 5.25. The van der Waals surface area contributed by atoms with Crippen molar-refractivity contribution in [2.24, 2.45) is 11.7 Å². The number of rotatable bonds is 3. The Morgan fingerprint density at radius 3 is 2.35 bits per heavy atom. The summed E-state index contributed by atoms with van der Waals surface area (Å²) in [5, 5.41) is 0. The first-order chi connectivity index (χ1) is 8.11. The molecule has 17 heavy (non-hydrogen) atoms.